The Labute approximate surface area is 116 Å². The van der Waals surface area contributed by atoms with Crippen LogP contribution in [-0.2, 0) is 0 Å². The number of aromatic nitrogens is 2. The van der Waals surface area contributed by atoms with E-state index >= 15 is 0 Å². The molecule has 0 fully saturated rings. The van der Waals surface area contributed by atoms with E-state index in [0.717, 1.165) is 11.8 Å². The van der Waals surface area contributed by atoms with Crippen molar-refractivity contribution in [3.05, 3.63) is 17.1 Å². The van der Waals surface area contributed by atoms with E-state index in [2.05, 4.69) is 36.3 Å². The van der Waals surface area contributed by atoms with Gasteiger partial charge >= 0.3 is 0 Å². The highest BCUT2D eigenvalue weighted by Gasteiger charge is 2.20. The van der Waals surface area contributed by atoms with E-state index in [1.807, 2.05) is 0 Å². The summed E-state index contributed by atoms with van der Waals surface area (Å²) >= 11 is 1.29. The minimum absolute atomic E-state index is 0.124. The van der Waals surface area contributed by atoms with E-state index in [4.69, 9.17) is 5.73 Å². The van der Waals surface area contributed by atoms with Gasteiger partial charge in [0, 0.05) is 11.4 Å². The van der Waals surface area contributed by atoms with Gasteiger partial charge in [0.05, 0.1) is 11.9 Å². The molecule has 5 nitrogen and oxygen atoms in total. The molecule has 0 aliphatic carbocycles. The van der Waals surface area contributed by atoms with Crippen LogP contribution in [0.5, 0.6) is 0 Å². The topological polar surface area (TPSA) is 80.9 Å². The fraction of sp³-hybridized carbons (Fsp3) is 0.462. The molecule has 6 heteroatoms. The van der Waals surface area contributed by atoms with Gasteiger partial charge in [-0.25, -0.2) is 0 Å². The number of nitrogens with two attached hydrogens (primary N) is 1. The summed E-state index contributed by atoms with van der Waals surface area (Å²) < 4.78 is 0. The van der Waals surface area contributed by atoms with Crippen LogP contribution in [-0.4, -0.2) is 22.1 Å². The van der Waals surface area contributed by atoms with Crippen molar-refractivity contribution in [1.29, 1.82) is 0 Å². The van der Waals surface area contributed by atoms with Gasteiger partial charge < -0.3 is 11.1 Å². The second-order valence-corrected chi connectivity index (χ2v) is 5.83. The molecule has 0 bridgehead atoms. The molecule has 0 radical (unpaired) electrons. The zero-order valence-corrected chi connectivity index (χ0v) is 12.1. The van der Waals surface area contributed by atoms with E-state index in [1.165, 1.54) is 11.3 Å². The number of anilines is 1. The van der Waals surface area contributed by atoms with Crippen molar-refractivity contribution in [3.8, 4) is 0 Å². The first-order valence-electron chi connectivity index (χ1n) is 6.35. The quantitative estimate of drug-likeness (QED) is 0.900. The molecule has 0 saturated carbocycles. The average molecular weight is 278 g/mol. The highest BCUT2D eigenvalue weighted by atomic mass is 32.1. The van der Waals surface area contributed by atoms with Crippen molar-refractivity contribution in [2.75, 3.05) is 5.73 Å². The summed E-state index contributed by atoms with van der Waals surface area (Å²) in [6, 6.07) is 1.94. The van der Waals surface area contributed by atoms with E-state index < -0.39 is 0 Å². The molecule has 3 N–H and O–H groups in total. The van der Waals surface area contributed by atoms with Crippen molar-refractivity contribution < 1.29 is 4.79 Å². The first-order chi connectivity index (χ1) is 9.04. The lowest BCUT2D eigenvalue weighted by Crippen LogP contribution is -2.37. The Hall–Kier alpha value is -1.69. The molecule has 1 unspecified atom stereocenters. The molecule has 0 aliphatic rings. The predicted octanol–water partition coefficient (Wildman–Crippen LogP) is 2.44. The highest BCUT2D eigenvalue weighted by Crippen LogP contribution is 2.31. The van der Waals surface area contributed by atoms with Gasteiger partial charge in [0.15, 0.2) is 0 Å². The maximum absolute atomic E-state index is 12.3. The van der Waals surface area contributed by atoms with Crippen LogP contribution in [0.2, 0.25) is 0 Å². The lowest BCUT2D eigenvalue weighted by atomic mass is 10.0. The summed E-state index contributed by atoms with van der Waals surface area (Å²) in [4.78, 5) is 13.5. The van der Waals surface area contributed by atoms with E-state index in [-0.39, 0.29) is 11.9 Å². The van der Waals surface area contributed by atoms with Gasteiger partial charge in [-0.15, -0.1) is 16.4 Å². The molecule has 0 saturated heterocycles. The molecule has 2 rings (SSSR count). The van der Waals surface area contributed by atoms with Crippen LogP contribution in [0.4, 0.5) is 5.69 Å². The Morgan fingerprint density at radius 1 is 1.53 bits per heavy atom. The summed E-state index contributed by atoms with van der Waals surface area (Å²) in [5.74, 6) is 0.269. The van der Waals surface area contributed by atoms with Gasteiger partial charge in [-0.2, -0.15) is 5.10 Å². The number of fused-ring (bicyclic) bond motifs is 1. The minimum atomic E-state index is -0.124. The van der Waals surface area contributed by atoms with Crippen molar-refractivity contribution in [2.24, 2.45) is 5.92 Å². The monoisotopic (exact) mass is 278 g/mol. The van der Waals surface area contributed by atoms with Crippen molar-refractivity contribution in [2.45, 2.75) is 33.2 Å². The highest BCUT2D eigenvalue weighted by molar-refractivity contribution is 7.21. The van der Waals surface area contributed by atoms with Crippen LogP contribution in [0, 0.1) is 5.92 Å². The standard InChI is InChI=1S/C13H18N4OS/c1-4-9(7(2)3)16-12(18)11-10(14)8-5-6-15-17-13(8)19-11/h5-7,9H,4,14H2,1-3H3,(H,16,18). The maximum Gasteiger partial charge on any atom is 0.263 e. The van der Waals surface area contributed by atoms with Gasteiger partial charge in [-0.1, -0.05) is 20.8 Å². The number of nitrogens with zero attached hydrogens (tertiary/aromatic N) is 2. The first-order valence-corrected chi connectivity index (χ1v) is 7.16. The molecule has 1 atom stereocenters. The van der Waals surface area contributed by atoms with Crippen LogP contribution < -0.4 is 11.1 Å². The Morgan fingerprint density at radius 3 is 2.84 bits per heavy atom. The lowest BCUT2D eigenvalue weighted by molar-refractivity contribution is 0.0929. The molecule has 1 amide bonds. The lowest BCUT2D eigenvalue weighted by Gasteiger charge is -2.20. The number of carbonyl (C=O) groups is 1. The second kappa shape index (κ2) is 5.52. The van der Waals surface area contributed by atoms with Crippen LogP contribution in [0.3, 0.4) is 0 Å². The molecular formula is C13H18N4OS. The molecule has 102 valence electrons. The number of rotatable bonds is 4. The number of hydrogen-bond donors (Lipinski definition) is 2. The van der Waals surface area contributed by atoms with E-state index in [9.17, 15) is 4.79 Å². The van der Waals surface area contributed by atoms with Crippen LogP contribution in [0.1, 0.15) is 36.9 Å². The zero-order chi connectivity index (χ0) is 14.0. The van der Waals surface area contributed by atoms with Crippen molar-refractivity contribution in [3.63, 3.8) is 0 Å². The molecule has 0 aromatic carbocycles. The molecule has 0 aliphatic heterocycles. The van der Waals surface area contributed by atoms with Gasteiger partial charge in [0.25, 0.3) is 5.91 Å². The van der Waals surface area contributed by atoms with E-state index in [1.54, 1.807) is 12.3 Å². The zero-order valence-electron chi connectivity index (χ0n) is 11.3. The number of nitrogens with one attached hydrogen (secondary N) is 1. The summed E-state index contributed by atoms with van der Waals surface area (Å²) in [7, 11) is 0. The van der Waals surface area contributed by atoms with E-state index in [0.29, 0.717) is 21.3 Å². The third-order valence-corrected chi connectivity index (χ3v) is 4.29. The van der Waals surface area contributed by atoms with Crippen molar-refractivity contribution >= 4 is 33.1 Å². The molecule has 2 heterocycles. The molecule has 19 heavy (non-hydrogen) atoms. The predicted molar refractivity (Wildman–Crippen MR) is 78.2 cm³/mol. The van der Waals surface area contributed by atoms with Crippen molar-refractivity contribution in [1.82, 2.24) is 15.5 Å². The minimum Gasteiger partial charge on any atom is -0.397 e. The van der Waals surface area contributed by atoms with Gasteiger partial charge in [0.2, 0.25) is 0 Å². The Morgan fingerprint density at radius 2 is 2.26 bits per heavy atom. The number of carbonyl (C=O) groups excluding carboxylic acids is 1. The number of hydrogen-bond acceptors (Lipinski definition) is 5. The fourth-order valence-electron chi connectivity index (χ4n) is 2.02. The Kier molecular flexibility index (Phi) is 3.99. The van der Waals surface area contributed by atoms with Crippen LogP contribution >= 0.6 is 11.3 Å². The molecule has 2 aromatic rings. The third-order valence-electron chi connectivity index (χ3n) is 3.19. The molecule has 2 aromatic heterocycles. The van der Waals surface area contributed by atoms with Gasteiger partial charge in [-0.05, 0) is 18.4 Å². The maximum atomic E-state index is 12.3. The van der Waals surface area contributed by atoms with Crippen LogP contribution in [0.15, 0.2) is 12.3 Å². The summed E-state index contributed by atoms with van der Waals surface area (Å²) in [6.45, 7) is 6.24. The Bertz CT molecular complexity index is 593. The summed E-state index contributed by atoms with van der Waals surface area (Å²) in [5, 5.41) is 11.6. The third kappa shape index (κ3) is 2.68. The number of thiophene rings is 1. The summed E-state index contributed by atoms with van der Waals surface area (Å²) in [5.41, 5.74) is 6.51. The largest absolute Gasteiger partial charge is 0.397 e. The second-order valence-electron chi connectivity index (χ2n) is 4.83. The normalized spacial score (nSPS) is 12.8. The fourth-order valence-corrected chi connectivity index (χ4v) is 2.96. The van der Waals surface area contributed by atoms with Crippen LogP contribution in [0.25, 0.3) is 10.2 Å². The SMILES string of the molecule is CCC(NC(=O)c1sc2nnccc2c1N)C(C)C. The number of nitrogen functional groups attached to an aromatic ring is 1. The van der Waals surface area contributed by atoms with Gasteiger partial charge in [0.1, 0.15) is 9.71 Å². The smallest absolute Gasteiger partial charge is 0.263 e. The molecule has 0 spiro atoms. The summed E-state index contributed by atoms with van der Waals surface area (Å²) in [6.07, 6.45) is 2.48. The Balaban J connectivity index is 2.29. The first kappa shape index (κ1) is 13.7. The van der Waals surface area contributed by atoms with Gasteiger partial charge in [-0.3, -0.25) is 4.79 Å². The molecular weight excluding hydrogens is 260 g/mol. The average Bonchev–Trinajstić information content (AvgIpc) is 2.73. The number of amides is 1.